The molecule has 100 valence electrons. The summed E-state index contributed by atoms with van der Waals surface area (Å²) < 4.78 is 0. The predicted molar refractivity (Wildman–Crippen MR) is 72.0 cm³/mol. The van der Waals surface area contributed by atoms with Crippen LogP contribution in [-0.2, 0) is 0 Å². The summed E-state index contributed by atoms with van der Waals surface area (Å²) in [6.45, 7) is 5.51. The highest BCUT2D eigenvalue weighted by Crippen LogP contribution is 2.27. The zero-order valence-corrected chi connectivity index (χ0v) is 11.2. The number of nitrogens with one attached hydrogen (secondary N) is 1. The van der Waals surface area contributed by atoms with Gasteiger partial charge in [0.1, 0.15) is 0 Å². The Labute approximate surface area is 105 Å². The lowest BCUT2D eigenvalue weighted by molar-refractivity contribution is 0.0343. The molecule has 1 saturated carbocycles. The summed E-state index contributed by atoms with van der Waals surface area (Å²) in [4.78, 5) is 4.27. The summed E-state index contributed by atoms with van der Waals surface area (Å²) in [5.41, 5.74) is 5.14. The molecule has 1 fully saturated rings. The fourth-order valence-electron chi connectivity index (χ4n) is 2.14. The van der Waals surface area contributed by atoms with Crippen molar-refractivity contribution < 1.29 is 5.11 Å². The second-order valence-corrected chi connectivity index (χ2v) is 5.61. The van der Waals surface area contributed by atoms with Crippen molar-refractivity contribution in [1.82, 2.24) is 5.32 Å². The maximum Gasteiger partial charge on any atom is 0.188 e. The second-order valence-electron chi connectivity index (χ2n) is 5.61. The Balaban J connectivity index is 2.38. The lowest BCUT2D eigenvalue weighted by Gasteiger charge is -2.24. The first-order chi connectivity index (χ1) is 8.02. The molecule has 0 unspecified atom stereocenters. The van der Waals surface area contributed by atoms with Gasteiger partial charge in [0.2, 0.25) is 0 Å². The van der Waals surface area contributed by atoms with Crippen molar-refractivity contribution >= 4 is 5.96 Å². The maximum atomic E-state index is 10.4. The molecule has 0 aromatic carbocycles. The third kappa shape index (κ3) is 5.91. The third-order valence-corrected chi connectivity index (χ3v) is 3.27. The molecule has 0 aliphatic heterocycles. The van der Waals surface area contributed by atoms with Crippen LogP contribution in [0.5, 0.6) is 0 Å². The molecule has 4 nitrogen and oxygen atoms in total. The molecular formula is C13H27N3O. The fourth-order valence-corrected chi connectivity index (χ4v) is 2.14. The highest BCUT2D eigenvalue weighted by Gasteiger charge is 2.27. The van der Waals surface area contributed by atoms with Gasteiger partial charge in [0.05, 0.1) is 12.1 Å². The maximum absolute atomic E-state index is 10.4. The molecule has 0 radical (unpaired) electrons. The predicted octanol–water partition coefficient (Wildman–Crippen LogP) is 1.63. The van der Waals surface area contributed by atoms with Crippen LogP contribution < -0.4 is 11.1 Å². The smallest absolute Gasteiger partial charge is 0.188 e. The van der Waals surface area contributed by atoms with Gasteiger partial charge in [-0.3, -0.25) is 4.99 Å². The molecule has 0 aromatic heterocycles. The van der Waals surface area contributed by atoms with Crippen molar-refractivity contribution in [3.05, 3.63) is 0 Å². The summed E-state index contributed by atoms with van der Waals surface area (Å²) in [7, 11) is 0. The van der Waals surface area contributed by atoms with Gasteiger partial charge in [0, 0.05) is 6.54 Å². The normalized spacial score (nSPS) is 21.3. The van der Waals surface area contributed by atoms with E-state index in [-0.39, 0.29) is 0 Å². The van der Waals surface area contributed by atoms with Crippen LogP contribution in [0.15, 0.2) is 4.99 Å². The zero-order valence-electron chi connectivity index (χ0n) is 11.2. The van der Waals surface area contributed by atoms with Crippen LogP contribution in [0.3, 0.4) is 0 Å². The number of aliphatic hydroxyl groups is 1. The first-order valence-corrected chi connectivity index (χ1v) is 6.78. The Kier molecular flexibility index (Phi) is 5.75. The van der Waals surface area contributed by atoms with E-state index >= 15 is 0 Å². The van der Waals surface area contributed by atoms with Gasteiger partial charge >= 0.3 is 0 Å². The van der Waals surface area contributed by atoms with Crippen LogP contribution in [-0.4, -0.2) is 29.8 Å². The van der Waals surface area contributed by atoms with Gasteiger partial charge in [-0.1, -0.05) is 39.5 Å². The first kappa shape index (κ1) is 14.3. The van der Waals surface area contributed by atoms with E-state index < -0.39 is 5.60 Å². The molecule has 0 spiro atoms. The van der Waals surface area contributed by atoms with Crippen molar-refractivity contribution in [2.45, 2.75) is 58.0 Å². The SMILES string of the molecule is CC(C)CNC(N)=NCC1(O)CCCCCC1. The topological polar surface area (TPSA) is 70.6 Å². The molecule has 0 amide bonds. The van der Waals surface area contributed by atoms with Gasteiger partial charge in [0.25, 0.3) is 0 Å². The van der Waals surface area contributed by atoms with Crippen molar-refractivity contribution in [2.75, 3.05) is 13.1 Å². The average Bonchev–Trinajstić information content (AvgIpc) is 2.49. The van der Waals surface area contributed by atoms with E-state index in [2.05, 4.69) is 24.2 Å². The zero-order chi connectivity index (χ0) is 12.7. The summed E-state index contributed by atoms with van der Waals surface area (Å²) in [5.74, 6) is 1.00. The van der Waals surface area contributed by atoms with E-state index in [1.165, 1.54) is 12.8 Å². The third-order valence-electron chi connectivity index (χ3n) is 3.27. The summed E-state index contributed by atoms with van der Waals surface area (Å²) >= 11 is 0. The Morgan fingerprint density at radius 1 is 1.29 bits per heavy atom. The van der Waals surface area contributed by atoms with Crippen LogP contribution in [0.1, 0.15) is 52.4 Å². The van der Waals surface area contributed by atoms with E-state index in [4.69, 9.17) is 5.73 Å². The van der Waals surface area contributed by atoms with Crippen molar-refractivity contribution in [3.63, 3.8) is 0 Å². The molecule has 1 aliphatic rings. The second kappa shape index (κ2) is 6.84. The van der Waals surface area contributed by atoms with Gasteiger partial charge in [0.15, 0.2) is 5.96 Å². The van der Waals surface area contributed by atoms with Crippen LogP contribution in [0.25, 0.3) is 0 Å². The number of hydrogen-bond donors (Lipinski definition) is 3. The number of aliphatic imine (C=N–C) groups is 1. The van der Waals surface area contributed by atoms with E-state index in [9.17, 15) is 5.11 Å². The van der Waals surface area contributed by atoms with E-state index in [0.717, 1.165) is 32.2 Å². The van der Waals surface area contributed by atoms with Crippen LogP contribution in [0.2, 0.25) is 0 Å². The molecule has 0 atom stereocenters. The highest BCUT2D eigenvalue weighted by molar-refractivity contribution is 5.77. The minimum Gasteiger partial charge on any atom is -0.388 e. The molecule has 17 heavy (non-hydrogen) atoms. The lowest BCUT2D eigenvalue weighted by Crippen LogP contribution is -2.38. The van der Waals surface area contributed by atoms with Gasteiger partial charge < -0.3 is 16.2 Å². The standard InChI is InChI=1S/C13H27N3O/c1-11(2)9-15-12(14)16-10-13(17)7-5-3-4-6-8-13/h11,17H,3-10H2,1-2H3,(H3,14,15,16). The van der Waals surface area contributed by atoms with E-state index in [1.54, 1.807) is 0 Å². The minimum atomic E-state index is -0.624. The van der Waals surface area contributed by atoms with Gasteiger partial charge in [-0.2, -0.15) is 0 Å². The number of nitrogens with two attached hydrogens (primary N) is 1. The van der Waals surface area contributed by atoms with Gasteiger partial charge in [-0.15, -0.1) is 0 Å². The Bertz CT molecular complexity index is 243. The molecule has 1 aliphatic carbocycles. The molecule has 0 bridgehead atoms. The Hall–Kier alpha value is -0.770. The van der Waals surface area contributed by atoms with Crippen molar-refractivity contribution in [2.24, 2.45) is 16.6 Å². The Morgan fingerprint density at radius 3 is 2.41 bits per heavy atom. The fraction of sp³-hybridized carbons (Fsp3) is 0.923. The Morgan fingerprint density at radius 2 is 1.88 bits per heavy atom. The van der Waals surface area contributed by atoms with Crippen LogP contribution in [0.4, 0.5) is 0 Å². The van der Waals surface area contributed by atoms with Crippen LogP contribution >= 0.6 is 0 Å². The number of nitrogens with zero attached hydrogens (tertiary/aromatic N) is 1. The molecule has 0 saturated heterocycles. The summed E-state index contributed by atoms with van der Waals surface area (Å²) in [6, 6.07) is 0. The quantitative estimate of drug-likeness (QED) is 0.398. The van der Waals surface area contributed by atoms with E-state index in [1.807, 2.05) is 0 Å². The number of hydrogen-bond acceptors (Lipinski definition) is 2. The van der Waals surface area contributed by atoms with Crippen molar-refractivity contribution in [3.8, 4) is 0 Å². The molecule has 0 heterocycles. The molecule has 1 rings (SSSR count). The molecular weight excluding hydrogens is 214 g/mol. The lowest BCUT2D eigenvalue weighted by atomic mass is 9.95. The number of rotatable bonds is 4. The van der Waals surface area contributed by atoms with Gasteiger partial charge in [-0.05, 0) is 18.8 Å². The first-order valence-electron chi connectivity index (χ1n) is 6.78. The summed E-state index contributed by atoms with van der Waals surface area (Å²) in [5, 5.41) is 13.5. The summed E-state index contributed by atoms with van der Waals surface area (Å²) in [6.07, 6.45) is 6.37. The van der Waals surface area contributed by atoms with E-state index in [0.29, 0.717) is 18.4 Å². The number of guanidine groups is 1. The molecule has 4 N–H and O–H groups in total. The largest absolute Gasteiger partial charge is 0.388 e. The minimum absolute atomic E-state index is 0.434. The monoisotopic (exact) mass is 241 g/mol. The van der Waals surface area contributed by atoms with Crippen molar-refractivity contribution in [1.29, 1.82) is 0 Å². The van der Waals surface area contributed by atoms with Crippen LogP contribution in [0, 0.1) is 5.92 Å². The van der Waals surface area contributed by atoms with Gasteiger partial charge in [-0.25, -0.2) is 0 Å². The molecule has 0 aromatic rings. The average molecular weight is 241 g/mol. The molecule has 4 heteroatoms. The highest BCUT2D eigenvalue weighted by atomic mass is 16.3.